The molecular weight excluding hydrogens is 725 g/mol. The summed E-state index contributed by atoms with van der Waals surface area (Å²) in [5.74, 6) is -33.9. The number of allylic oxidation sites excluding steroid dienone is 4. The fourth-order valence-corrected chi connectivity index (χ4v) is 7.29. The molecule has 4 aliphatic carbocycles. The summed E-state index contributed by atoms with van der Waals surface area (Å²) in [5.41, 5.74) is -6.01. The Hall–Kier alpha value is -2.07. The average Bonchev–Trinajstić information content (AvgIpc) is 3.37. The maximum Gasteiger partial charge on any atom is 0.460 e. The maximum absolute atomic E-state index is 13.7. The van der Waals surface area contributed by atoms with Crippen molar-refractivity contribution in [3.8, 4) is 0 Å². The van der Waals surface area contributed by atoms with E-state index in [2.05, 4.69) is 0 Å². The smallest absolute Gasteiger partial charge is 0.460 e. The fraction of sp³-hybridized carbons (Fsp3) is 0.786. The number of fused-ring (bicyclic) bond motifs is 4. The van der Waals surface area contributed by atoms with Crippen molar-refractivity contribution < 1.29 is 97.8 Å². The SMILES string of the molecule is CC12CCC(C(C(=O)C(F)(F)C(F)(F)C(F)(F)F)=C1O)C2(C)C.CC12CCC(C(C(=O)C(F)(F)C(F)(F)C(F)(F)F)=C1O)C2(C)C.[Ni]. The topological polar surface area (TPSA) is 74.6 Å². The van der Waals surface area contributed by atoms with E-state index in [4.69, 9.17) is 0 Å². The molecule has 2 saturated carbocycles. The van der Waals surface area contributed by atoms with Crippen LogP contribution in [-0.2, 0) is 26.1 Å². The molecule has 0 amide bonds. The van der Waals surface area contributed by atoms with Gasteiger partial charge in [-0.3, -0.25) is 9.59 Å². The van der Waals surface area contributed by atoms with Gasteiger partial charge < -0.3 is 10.2 Å². The number of carbonyl (C=O) groups is 2. The minimum absolute atomic E-state index is 0. The Bertz CT molecular complexity index is 1290. The van der Waals surface area contributed by atoms with E-state index in [0.717, 1.165) is 0 Å². The van der Waals surface area contributed by atoms with Crippen molar-refractivity contribution in [2.75, 3.05) is 0 Å². The Morgan fingerprint density at radius 3 is 0.957 bits per heavy atom. The number of Topliss-reactive ketones (excluding diaryl/α,β-unsaturated/α-hetero) is 2. The van der Waals surface area contributed by atoms with Crippen LogP contribution in [-0.4, -0.2) is 57.8 Å². The predicted octanol–water partition coefficient (Wildman–Crippen LogP) is 9.31. The summed E-state index contributed by atoms with van der Waals surface area (Å²) >= 11 is 0. The predicted molar refractivity (Wildman–Crippen MR) is 130 cm³/mol. The first-order valence-electron chi connectivity index (χ1n) is 13.7. The summed E-state index contributed by atoms with van der Waals surface area (Å²) in [7, 11) is 0. The molecule has 0 spiro atoms. The average molecular weight is 755 g/mol. The van der Waals surface area contributed by atoms with E-state index in [0.29, 0.717) is 12.8 Å². The number of halogens is 14. The molecule has 4 aliphatic rings. The van der Waals surface area contributed by atoms with Crippen molar-refractivity contribution in [1.29, 1.82) is 0 Å². The summed E-state index contributed by atoms with van der Waals surface area (Å²) in [4.78, 5) is 23.7. The molecule has 2 fully saturated rings. The summed E-state index contributed by atoms with van der Waals surface area (Å²) in [6.45, 7) is 9.18. The second-order valence-electron chi connectivity index (χ2n) is 13.8. The van der Waals surface area contributed by atoms with Gasteiger partial charge in [0.2, 0.25) is 11.6 Å². The van der Waals surface area contributed by atoms with Crippen LogP contribution in [0.25, 0.3) is 0 Å². The van der Waals surface area contributed by atoms with Crippen molar-refractivity contribution >= 4 is 11.6 Å². The van der Waals surface area contributed by atoms with Crippen LogP contribution in [0.3, 0.4) is 0 Å². The first kappa shape index (κ1) is 41.1. The van der Waals surface area contributed by atoms with E-state index in [1.807, 2.05) is 0 Å². The zero-order valence-corrected chi connectivity index (χ0v) is 26.3. The molecule has 0 aromatic carbocycles. The van der Waals surface area contributed by atoms with E-state index in [-0.39, 0.29) is 29.3 Å². The summed E-state index contributed by atoms with van der Waals surface area (Å²) in [5, 5.41) is 20.2. The van der Waals surface area contributed by atoms with E-state index in [1.54, 1.807) is 27.7 Å². The van der Waals surface area contributed by atoms with Gasteiger partial charge in [-0.15, -0.1) is 0 Å². The van der Waals surface area contributed by atoms with Gasteiger partial charge in [-0.2, -0.15) is 61.5 Å². The van der Waals surface area contributed by atoms with Gasteiger partial charge in [0.15, 0.2) is 0 Å². The van der Waals surface area contributed by atoms with E-state index in [9.17, 15) is 81.3 Å². The molecule has 0 saturated heterocycles. The number of hydrogen-bond acceptors (Lipinski definition) is 4. The van der Waals surface area contributed by atoms with Gasteiger partial charge in [0.05, 0.1) is 0 Å². The molecular formula is C28H30F14NiO4. The molecule has 4 bridgehead atoms. The molecule has 0 heterocycles. The van der Waals surface area contributed by atoms with E-state index in [1.165, 1.54) is 13.8 Å². The number of aliphatic hydroxyl groups is 2. The Balaban J connectivity index is 0.000000320. The molecule has 274 valence electrons. The summed E-state index contributed by atoms with van der Waals surface area (Å²) in [6, 6.07) is 0. The van der Waals surface area contributed by atoms with Gasteiger partial charge in [0.1, 0.15) is 11.5 Å². The Morgan fingerprint density at radius 2 is 0.787 bits per heavy atom. The van der Waals surface area contributed by atoms with Crippen LogP contribution in [0.1, 0.15) is 67.2 Å². The minimum Gasteiger partial charge on any atom is -0.511 e. The minimum atomic E-state index is -6.58. The molecule has 47 heavy (non-hydrogen) atoms. The first-order valence-corrected chi connectivity index (χ1v) is 13.7. The van der Waals surface area contributed by atoms with Crippen LogP contribution < -0.4 is 0 Å². The molecule has 4 atom stereocenters. The molecule has 0 radical (unpaired) electrons. The van der Waals surface area contributed by atoms with Crippen molar-refractivity contribution in [2.24, 2.45) is 33.5 Å². The monoisotopic (exact) mass is 754 g/mol. The molecule has 2 N–H and O–H groups in total. The molecule has 4 rings (SSSR count). The van der Waals surface area contributed by atoms with Gasteiger partial charge >= 0.3 is 36.0 Å². The Kier molecular flexibility index (Phi) is 9.59. The number of hydrogen-bond donors (Lipinski definition) is 2. The van der Waals surface area contributed by atoms with Crippen LogP contribution in [0.4, 0.5) is 61.5 Å². The number of alkyl halides is 14. The molecule has 4 unspecified atom stereocenters. The van der Waals surface area contributed by atoms with Crippen molar-refractivity contribution in [3.63, 3.8) is 0 Å². The van der Waals surface area contributed by atoms with Crippen LogP contribution in [0.2, 0.25) is 0 Å². The summed E-state index contributed by atoms with van der Waals surface area (Å²) in [6.07, 6.45) is -12.2. The fourth-order valence-electron chi connectivity index (χ4n) is 7.29. The number of rotatable bonds is 6. The van der Waals surface area contributed by atoms with Gasteiger partial charge in [-0.25, -0.2) is 0 Å². The molecule has 0 aliphatic heterocycles. The van der Waals surface area contributed by atoms with Crippen LogP contribution >= 0.6 is 0 Å². The molecule has 0 aromatic rings. The van der Waals surface area contributed by atoms with Gasteiger partial charge in [-0.05, 0) is 48.3 Å². The number of carbonyl (C=O) groups excluding carboxylic acids is 2. The molecule has 19 heteroatoms. The summed E-state index contributed by atoms with van der Waals surface area (Å²) < 4.78 is 180. The second-order valence-corrected chi connectivity index (χ2v) is 13.8. The maximum atomic E-state index is 13.7. The molecule has 0 aromatic heterocycles. The van der Waals surface area contributed by atoms with E-state index < -0.39 is 104 Å². The van der Waals surface area contributed by atoms with Crippen LogP contribution in [0.5, 0.6) is 0 Å². The van der Waals surface area contributed by atoms with Crippen molar-refractivity contribution in [2.45, 2.75) is 103 Å². The van der Waals surface area contributed by atoms with Gasteiger partial charge in [0, 0.05) is 38.5 Å². The van der Waals surface area contributed by atoms with Crippen LogP contribution in [0, 0.1) is 33.5 Å². The number of ketones is 2. The standard InChI is InChI=1S/2C14H15F7O2.Ni/c2*1-10(2)6-4-5-11(10,3)8(22)7(6)9(23)12(15,16)13(17,18)14(19,20)21;/h2*6,22H,4-5H2,1-3H3;. The largest absolute Gasteiger partial charge is 0.511 e. The third-order valence-electron chi connectivity index (χ3n) is 11.3. The first-order chi connectivity index (χ1) is 20.1. The van der Waals surface area contributed by atoms with Gasteiger partial charge in [0.25, 0.3) is 0 Å². The normalized spacial score (nSPS) is 30.3. The van der Waals surface area contributed by atoms with Crippen molar-refractivity contribution in [1.82, 2.24) is 0 Å². The zero-order chi connectivity index (χ0) is 36.4. The number of aliphatic hydroxyl groups excluding tert-OH is 2. The third-order valence-corrected chi connectivity index (χ3v) is 11.3. The Morgan fingerprint density at radius 1 is 0.553 bits per heavy atom. The third kappa shape index (κ3) is 5.03. The quantitative estimate of drug-likeness (QED) is 0.210. The van der Waals surface area contributed by atoms with Crippen LogP contribution in [0.15, 0.2) is 22.7 Å². The van der Waals surface area contributed by atoms with E-state index >= 15 is 0 Å². The Labute approximate surface area is 268 Å². The zero-order valence-electron chi connectivity index (χ0n) is 25.3. The van der Waals surface area contributed by atoms with Crippen molar-refractivity contribution in [3.05, 3.63) is 22.7 Å². The van der Waals surface area contributed by atoms with Gasteiger partial charge in [-0.1, -0.05) is 41.5 Å². The second kappa shape index (κ2) is 11.0. The molecule has 4 nitrogen and oxygen atoms in total.